The number of carbonyl (C=O) groups is 1. The number of nitrogens with one attached hydrogen (secondary N) is 2. The number of carbonyl (C=O) groups excluding carboxylic acids is 1. The van der Waals surface area contributed by atoms with Gasteiger partial charge in [-0.2, -0.15) is 0 Å². The molecule has 0 bridgehead atoms. The Kier molecular flexibility index (Phi) is 7.00. The second-order valence-corrected chi connectivity index (χ2v) is 6.32. The summed E-state index contributed by atoms with van der Waals surface area (Å²) in [6.45, 7) is 5.39. The van der Waals surface area contributed by atoms with E-state index in [1.54, 1.807) is 0 Å². The summed E-state index contributed by atoms with van der Waals surface area (Å²) >= 11 is 3.43. The maximum absolute atomic E-state index is 12.1. The fourth-order valence-corrected chi connectivity index (χ4v) is 3.12. The van der Waals surface area contributed by atoms with Crippen molar-refractivity contribution in [1.29, 1.82) is 0 Å². The largest absolute Gasteiger partial charge is 0.351 e. The van der Waals surface area contributed by atoms with E-state index >= 15 is 0 Å². The summed E-state index contributed by atoms with van der Waals surface area (Å²) in [7, 11) is 0. The van der Waals surface area contributed by atoms with Crippen LogP contribution in [0.3, 0.4) is 0 Å². The number of hydrogen-bond donors (Lipinski definition) is 2. The molecular formula is C15H22BrClN2O. The van der Waals surface area contributed by atoms with Gasteiger partial charge in [-0.25, -0.2) is 0 Å². The van der Waals surface area contributed by atoms with E-state index < -0.39 is 0 Å². The van der Waals surface area contributed by atoms with Gasteiger partial charge in [0.25, 0.3) is 0 Å². The minimum atomic E-state index is 0. The van der Waals surface area contributed by atoms with Crippen molar-refractivity contribution < 1.29 is 4.79 Å². The Morgan fingerprint density at radius 3 is 2.85 bits per heavy atom. The molecule has 1 aromatic rings. The maximum atomic E-state index is 12.1. The Labute approximate surface area is 135 Å². The molecule has 0 aromatic heterocycles. The topological polar surface area (TPSA) is 41.1 Å². The quantitative estimate of drug-likeness (QED) is 0.869. The first-order chi connectivity index (χ1) is 9.06. The van der Waals surface area contributed by atoms with Crippen LogP contribution in [-0.4, -0.2) is 24.5 Å². The highest BCUT2D eigenvalue weighted by atomic mass is 79.9. The molecule has 0 spiro atoms. The summed E-state index contributed by atoms with van der Waals surface area (Å²) in [5.41, 5.74) is 1.04. The van der Waals surface area contributed by atoms with Gasteiger partial charge in [-0.15, -0.1) is 12.4 Å². The van der Waals surface area contributed by atoms with Gasteiger partial charge >= 0.3 is 0 Å². The number of halogens is 2. The molecule has 1 fully saturated rings. The first-order valence-electron chi connectivity index (χ1n) is 6.83. The lowest BCUT2D eigenvalue weighted by molar-refractivity contribution is -0.121. The van der Waals surface area contributed by atoms with Crippen LogP contribution in [0.2, 0.25) is 0 Å². The highest BCUT2D eigenvalue weighted by molar-refractivity contribution is 9.10. The molecule has 20 heavy (non-hydrogen) atoms. The molecule has 3 atom stereocenters. The van der Waals surface area contributed by atoms with Gasteiger partial charge in [0, 0.05) is 16.6 Å². The van der Waals surface area contributed by atoms with Crippen LogP contribution in [0.15, 0.2) is 28.7 Å². The monoisotopic (exact) mass is 360 g/mol. The Morgan fingerprint density at radius 2 is 2.20 bits per heavy atom. The molecule has 0 saturated carbocycles. The van der Waals surface area contributed by atoms with Crippen LogP contribution in [0.5, 0.6) is 0 Å². The average Bonchev–Trinajstić information content (AvgIpc) is 2.34. The van der Waals surface area contributed by atoms with Gasteiger partial charge in [0.15, 0.2) is 0 Å². The van der Waals surface area contributed by atoms with E-state index in [4.69, 9.17) is 0 Å². The molecule has 0 aliphatic carbocycles. The zero-order valence-corrected chi connectivity index (χ0v) is 14.3. The van der Waals surface area contributed by atoms with E-state index in [0.717, 1.165) is 23.0 Å². The predicted molar refractivity (Wildman–Crippen MR) is 88.3 cm³/mol. The minimum absolute atomic E-state index is 0. The number of piperidine rings is 1. The Morgan fingerprint density at radius 1 is 1.45 bits per heavy atom. The Hall–Kier alpha value is -0.580. The van der Waals surface area contributed by atoms with Crippen molar-refractivity contribution in [2.45, 2.75) is 38.8 Å². The van der Waals surface area contributed by atoms with Crippen LogP contribution in [0.4, 0.5) is 0 Å². The van der Waals surface area contributed by atoms with E-state index in [0.29, 0.717) is 18.4 Å². The molecular weight excluding hydrogens is 340 g/mol. The van der Waals surface area contributed by atoms with E-state index in [1.165, 1.54) is 0 Å². The van der Waals surface area contributed by atoms with E-state index in [-0.39, 0.29) is 24.4 Å². The molecule has 1 heterocycles. The van der Waals surface area contributed by atoms with Crippen LogP contribution in [0.1, 0.15) is 25.8 Å². The third-order valence-electron chi connectivity index (χ3n) is 3.80. The molecule has 112 valence electrons. The molecule has 5 heteroatoms. The normalized spacial score (nSPS) is 25.6. The zero-order chi connectivity index (χ0) is 13.8. The minimum Gasteiger partial charge on any atom is -0.351 e. The van der Waals surface area contributed by atoms with Gasteiger partial charge in [-0.05, 0) is 43.5 Å². The van der Waals surface area contributed by atoms with Crippen LogP contribution < -0.4 is 10.6 Å². The van der Waals surface area contributed by atoms with Crippen molar-refractivity contribution >= 4 is 34.2 Å². The number of rotatable bonds is 3. The average molecular weight is 362 g/mol. The van der Waals surface area contributed by atoms with Gasteiger partial charge in [0.1, 0.15) is 0 Å². The van der Waals surface area contributed by atoms with Crippen molar-refractivity contribution in [3.63, 3.8) is 0 Å². The zero-order valence-electron chi connectivity index (χ0n) is 11.9. The number of benzene rings is 1. The van der Waals surface area contributed by atoms with Crippen molar-refractivity contribution in [2.24, 2.45) is 5.92 Å². The molecule has 1 amide bonds. The summed E-state index contributed by atoms with van der Waals surface area (Å²) in [5, 5.41) is 6.59. The lowest BCUT2D eigenvalue weighted by Crippen LogP contribution is -2.56. The molecule has 1 saturated heterocycles. The lowest BCUT2D eigenvalue weighted by atomic mass is 9.89. The Bertz CT molecular complexity index is 445. The van der Waals surface area contributed by atoms with E-state index in [1.807, 2.05) is 24.3 Å². The van der Waals surface area contributed by atoms with Gasteiger partial charge in [-0.1, -0.05) is 35.0 Å². The summed E-state index contributed by atoms with van der Waals surface area (Å²) in [4.78, 5) is 12.1. The van der Waals surface area contributed by atoms with Crippen molar-refractivity contribution in [3.8, 4) is 0 Å². The van der Waals surface area contributed by atoms with Crippen LogP contribution >= 0.6 is 28.3 Å². The molecule has 3 nitrogen and oxygen atoms in total. The maximum Gasteiger partial charge on any atom is 0.224 e. The number of hydrogen-bond acceptors (Lipinski definition) is 2. The van der Waals surface area contributed by atoms with E-state index in [2.05, 4.69) is 40.4 Å². The first kappa shape index (κ1) is 17.5. The molecule has 1 aromatic carbocycles. The molecule has 3 unspecified atom stereocenters. The third-order valence-corrected chi connectivity index (χ3v) is 4.29. The highest BCUT2D eigenvalue weighted by Crippen LogP contribution is 2.17. The van der Waals surface area contributed by atoms with Gasteiger partial charge in [0.05, 0.1) is 6.42 Å². The van der Waals surface area contributed by atoms with Gasteiger partial charge in [0.2, 0.25) is 5.91 Å². The smallest absolute Gasteiger partial charge is 0.224 e. The van der Waals surface area contributed by atoms with Crippen LogP contribution in [0, 0.1) is 5.92 Å². The highest BCUT2D eigenvalue weighted by Gasteiger charge is 2.28. The van der Waals surface area contributed by atoms with E-state index in [9.17, 15) is 4.79 Å². The van der Waals surface area contributed by atoms with Gasteiger partial charge in [-0.3, -0.25) is 4.79 Å². The molecule has 0 radical (unpaired) electrons. The summed E-state index contributed by atoms with van der Waals surface area (Å²) < 4.78 is 1.01. The molecule has 2 N–H and O–H groups in total. The van der Waals surface area contributed by atoms with Crippen molar-refractivity contribution in [3.05, 3.63) is 34.3 Å². The SMILES string of the molecule is CC1CCNC(C)C1NC(=O)Cc1cccc(Br)c1.Cl. The summed E-state index contributed by atoms with van der Waals surface area (Å²) in [6.07, 6.45) is 1.56. The molecule has 1 aliphatic rings. The fraction of sp³-hybridized carbons (Fsp3) is 0.533. The summed E-state index contributed by atoms with van der Waals surface area (Å²) in [5.74, 6) is 0.633. The second kappa shape index (κ2) is 8.01. The standard InChI is InChI=1S/C15H21BrN2O.ClH/c1-10-6-7-17-11(2)15(10)18-14(19)9-12-4-3-5-13(16)8-12;/h3-5,8,10-11,15,17H,6-7,9H2,1-2H3,(H,18,19);1H. The Balaban J connectivity index is 0.00000200. The second-order valence-electron chi connectivity index (χ2n) is 5.41. The fourth-order valence-electron chi connectivity index (χ4n) is 2.67. The summed E-state index contributed by atoms with van der Waals surface area (Å²) in [6, 6.07) is 8.47. The van der Waals surface area contributed by atoms with Gasteiger partial charge < -0.3 is 10.6 Å². The first-order valence-corrected chi connectivity index (χ1v) is 7.63. The molecule has 2 rings (SSSR count). The van der Waals surface area contributed by atoms with Crippen molar-refractivity contribution in [2.75, 3.05) is 6.54 Å². The predicted octanol–water partition coefficient (Wildman–Crippen LogP) is 2.92. The number of amides is 1. The van der Waals surface area contributed by atoms with Crippen LogP contribution in [-0.2, 0) is 11.2 Å². The van der Waals surface area contributed by atoms with Crippen molar-refractivity contribution in [1.82, 2.24) is 10.6 Å². The third kappa shape index (κ3) is 4.76. The van der Waals surface area contributed by atoms with Crippen LogP contribution in [0.25, 0.3) is 0 Å². The molecule has 1 aliphatic heterocycles. The lowest BCUT2D eigenvalue weighted by Gasteiger charge is -2.36.